The van der Waals surface area contributed by atoms with Crippen LogP contribution in [0.4, 0.5) is 4.39 Å². The fourth-order valence-electron chi connectivity index (χ4n) is 2.76. The summed E-state index contributed by atoms with van der Waals surface area (Å²) in [6.07, 6.45) is 1.13. The van der Waals surface area contributed by atoms with Gasteiger partial charge in [-0.1, -0.05) is 18.2 Å². The van der Waals surface area contributed by atoms with Crippen molar-refractivity contribution in [2.45, 2.75) is 0 Å². The smallest absolute Gasteiger partial charge is 0.350 e. The predicted molar refractivity (Wildman–Crippen MR) is 96.6 cm³/mol. The van der Waals surface area contributed by atoms with Gasteiger partial charge in [0, 0.05) is 17.0 Å². The van der Waals surface area contributed by atoms with Gasteiger partial charge in [0.2, 0.25) is 0 Å². The van der Waals surface area contributed by atoms with E-state index in [0.717, 1.165) is 6.21 Å². The molecule has 0 fully saturated rings. The van der Waals surface area contributed by atoms with Crippen LogP contribution in [0.25, 0.3) is 21.9 Å². The highest BCUT2D eigenvalue weighted by Gasteiger charge is 2.13. The Morgan fingerprint density at radius 1 is 1.12 bits per heavy atom. The lowest BCUT2D eigenvalue weighted by Gasteiger charge is -1.99. The molecule has 2 N–H and O–H groups in total. The summed E-state index contributed by atoms with van der Waals surface area (Å²) in [6, 6.07) is 11.1. The minimum absolute atomic E-state index is 0.167. The largest absolute Gasteiger partial charge is 0.497 e. The summed E-state index contributed by atoms with van der Waals surface area (Å²) in [4.78, 5) is 30.5. The first-order chi connectivity index (χ1) is 12.6. The van der Waals surface area contributed by atoms with Gasteiger partial charge in [-0.15, -0.1) is 4.68 Å². The van der Waals surface area contributed by atoms with Gasteiger partial charge in [-0.25, -0.2) is 9.18 Å². The summed E-state index contributed by atoms with van der Waals surface area (Å²) in [7, 11) is 1.54. The summed E-state index contributed by atoms with van der Waals surface area (Å²) < 4.78 is 19.5. The summed E-state index contributed by atoms with van der Waals surface area (Å²) in [5.74, 6) is 0.115. The number of nitrogens with zero attached hydrogens (tertiary/aromatic N) is 2. The minimum atomic E-state index is -0.716. The Morgan fingerprint density at radius 2 is 1.92 bits per heavy atom. The zero-order chi connectivity index (χ0) is 18.3. The highest BCUT2D eigenvalue weighted by atomic mass is 19.1. The SMILES string of the molecule is COc1ccc2c(c1)[nH]c1c(=O)n(/N=C/c3ccccc3F)c(=O)[nH]c12. The number of halogens is 1. The van der Waals surface area contributed by atoms with Crippen molar-refractivity contribution in [3.63, 3.8) is 0 Å². The van der Waals surface area contributed by atoms with Gasteiger partial charge in [-0.2, -0.15) is 5.10 Å². The van der Waals surface area contributed by atoms with Crippen molar-refractivity contribution in [1.29, 1.82) is 0 Å². The maximum atomic E-state index is 13.7. The van der Waals surface area contributed by atoms with Crippen LogP contribution in [0, 0.1) is 5.82 Å². The van der Waals surface area contributed by atoms with Gasteiger partial charge in [0.05, 0.1) is 24.4 Å². The predicted octanol–water partition coefficient (Wildman–Crippen LogP) is 2.20. The van der Waals surface area contributed by atoms with Crippen molar-refractivity contribution in [2.75, 3.05) is 7.11 Å². The lowest BCUT2D eigenvalue weighted by atomic mass is 10.2. The van der Waals surface area contributed by atoms with Gasteiger partial charge in [-0.3, -0.25) is 4.79 Å². The van der Waals surface area contributed by atoms with Crippen molar-refractivity contribution in [1.82, 2.24) is 14.6 Å². The number of hydrogen-bond donors (Lipinski definition) is 2. The van der Waals surface area contributed by atoms with E-state index in [4.69, 9.17) is 4.74 Å². The zero-order valence-corrected chi connectivity index (χ0v) is 13.6. The molecule has 130 valence electrons. The van der Waals surface area contributed by atoms with Crippen LogP contribution < -0.4 is 16.0 Å². The molecular weight excluding hydrogens is 339 g/mol. The van der Waals surface area contributed by atoms with Gasteiger partial charge >= 0.3 is 11.2 Å². The Labute approximate surface area is 145 Å². The molecule has 26 heavy (non-hydrogen) atoms. The Bertz CT molecular complexity index is 1280. The van der Waals surface area contributed by atoms with Crippen LogP contribution in [0.1, 0.15) is 5.56 Å². The van der Waals surface area contributed by atoms with E-state index in [2.05, 4.69) is 15.1 Å². The number of aromatic amines is 2. The van der Waals surface area contributed by atoms with Crippen LogP contribution in [0.2, 0.25) is 0 Å². The average molecular weight is 352 g/mol. The first-order valence-corrected chi connectivity index (χ1v) is 7.72. The third-order valence-electron chi connectivity index (χ3n) is 4.05. The molecule has 2 aromatic carbocycles. The summed E-state index contributed by atoms with van der Waals surface area (Å²) in [5.41, 5.74) is 0.0371. The fraction of sp³-hybridized carbons (Fsp3) is 0.0556. The number of benzene rings is 2. The second kappa shape index (κ2) is 5.99. The quantitative estimate of drug-likeness (QED) is 0.554. The second-order valence-electron chi connectivity index (χ2n) is 5.60. The van der Waals surface area contributed by atoms with Gasteiger partial charge in [0.1, 0.15) is 17.1 Å². The first-order valence-electron chi connectivity index (χ1n) is 7.72. The molecule has 0 amide bonds. The summed E-state index contributed by atoms with van der Waals surface area (Å²) in [5, 5.41) is 4.52. The van der Waals surface area contributed by atoms with E-state index in [1.807, 2.05) is 0 Å². The normalized spacial score (nSPS) is 11.6. The standard InChI is InChI=1S/C18H13FN4O3/c1-26-11-6-7-12-14(8-11)21-16-15(12)22-18(25)23(17(16)24)20-9-10-4-2-3-5-13(10)19/h2-9,21H,1H3,(H,22,25)/b20-9+. The van der Waals surface area contributed by atoms with E-state index in [9.17, 15) is 14.0 Å². The van der Waals surface area contributed by atoms with Crippen LogP contribution in [-0.2, 0) is 0 Å². The number of H-pyrrole nitrogens is 2. The zero-order valence-electron chi connectivity index (χ0n) is 13.6. The van der Waals surface area contributed by atoms with Crippen molar-refractivity contribution in [3.8, 4) is 5.75 Å². The van der Waals surface area contributed by atoms with Crippen LogP contribution in [0.5, 0.6) is 5.75 Å². The molecule has 0 aliphatic heterocycles. The van der Waals surface area contributed by atoms with Crippen LogP contribution >= 0.6 is 0 Å². The van der Waals surface area contributed by atoms with Crippen molar-refractivity contribution in [3.05, 3.63) is 74.7 Å². The first kappa shape index (κ1) is 15.8. The molecule has 8 heteroatoms. The number of nitrogens with one attached hydrogen (secondary N) is 2. The Balaban J connectivity index is 1.91. The molecule has 0 unspecified atom stereocenters. The number of aromatic nitrogens is 3. The van der Waals surface area contributed by atoms with E-state index in [1.165, 1.54) is 25.3 Å². The highest BCUT2D eigenvalue weighted by Crippen LogP contribution is 2.24. The Morgan fingerprint density at radius 3 is 2.69 bits per heavy atom. The van der Waals surface area contributed by atoms with Crippen molar-refractivity contribution >= 4 is 28.2 Å². The second-order valence-corrected chi connectivity index (χ2v) is 5.60. The maximum Gasteiger partial charge on any atom is 0.350 e. The summed E-state index contributed by atoms with van der Waals surface area (Å²) >= 11 is 0. The van der Waals surface area contributed by atoms with E-state index in [0.29, 0.717) is 26.8 Å². The number of methoxy groups -OCH3 is 1. The molecule has 4 aromatic rings. The van der Waals surface area contributed by atoms with E-state index in [-0.39, 0.29) is 11.1 Å². The third-order valence-corrected chi connectivity index (χ3v) is 4.05. The molecule has 0 aliphatic carbocycles. The van der Waals surface area contributed by atoms with Gasteiger partial charge in [-0.05, 0) is 18.2 Å². The number of hydrogen-bond acceptors (Lipinski definition) is 4. The summed E-state index contributed by atoms with van der Waals surface area (Å²) in [6.45, 7) is 0. The van der Waals surface area contributed by atoms with Crippen molar-refractivity contribution < 1.29 is 9.13 Å². The number of rotatable bonds is 3. The molecule has 0 atom stereocenters. The lowest BCUT2D eigenvalue weighted by molar-refractivity contribution is 0.415. The average Bonchev–Trinajstić information content (AvgIpc) is 3.00. The number of fused-ring (bicyclic) bond motifs is 3. The number of ether oxygens (including phenoxy) is 1. The van der Waals surface area contributed by atoms with Crippen LogP contribution in [-0.4, -0.2) is 28.0 Å². The molecule has 2 heterocycles. The molecule has 0 aliphatic rings. The maximum absolute atomic E-state index is 13.7. The molecule has 7 nitrogen and oxygen atoms in total. The van der Waals surface area contributed by atoms with Gasteiger partial charge in [0.15, 0.2) is 0 Å². The van der Waals surface area contributed by atoms with Crippen LogP contribution in [0.3, 0.4) is 0 Å². The van der Waals surface area contributed by atoms with E-state index in [1.54, 1.807) is 24.3 Å². The molecule has 0 spiro atoms. The third kappa shape index (κ3) is 2.48. The highest BCUT2D eigenvalue weighted by molar-refractivity contribution is 6.04. The van der Waals surface area contributed by atoms with E-state index >= 15 is 0 Å². The van der Waals surface area contributed by atoms with E-state index < -0.39 is 17.1 Å². The monoisotopic (exact) mass is 352 g/mol. The Hall–Kier alpha value is -3.68. The minimum Gasteiger partial charge on any atom is -0.497 e. The van der Waals surface area contributed by atoms with Crippen LogP contribution in [0.15, 0.2) is 57.2 Å². The molecule has 0 saturated carbocycles. The molecule has 4 rings (SSSR count). The Kier molecular flexibility index (Phi) is 3.65. The topological polar surface area (TPSA) is 92.2 Å². The fourth-order valence-corrected chi connectivity index (χ4v) is 2.76. The molecule has 0 radical (unpaired) electrons. The van der Waals surface area contributed by atoms with Gasteiger partial charge < -0.3 is 14.7 Å². The molecule has 2 aromatic heterocycles. The lowest BCUT2D eigenvalue weighted by Crippen LogP contribution is -2.32. The molecule has 0 bridgehead atoms. The molecule has 0 saturated heterocycles. The van der Waals surface area contributed by atoms with Crippen molar-refractivity contribution in [2.24, 2.45) is 5.10 Å². The van der Waals surface area contributed by atoms with Gasteiger partial charge in [0.25, 0.3) is 0 Å². The molecular formula is C18H13FN4O3.